The molecule has 9 heteroatoms. The molecule has 2 aromatic rings. The normalized spacial score (nSPS) is 12.2. The van der Waals surface area contributed by atoms with E-state index in [-0.39, 0.29) is 12.1 Å². The fourth-order valence-corrected chi connectivity index (χ4v) is 2.05. The molecular weight excluding hydrogens is 354 g/mol. The van der Waals surface area contributed by atoms with Crippen LogP contribution in [0, 0.1) is 10.1 Å². The lowest BCUT2D eigenvalue weighted by Crippen LogP contribution is -2.32. The fourth-order valence-electron chi connectivity index (χ4n) is 2.05. The molecule has 0 spiro atoms. The van der Waals surface area contributed by atoms with E-state index < -0.39 is 28.9 Å². The van der Waals surface area contributed by atoms with E-state index in [0.29, 0.717) is 12.0 Å². The minimum absolute atomic E-state index is 0.0253. The Bertz CT molecular complexity index is 764. The molecule has 144 valence electrons. The summed E-state index contributed by atoms with van der Waals surface area (Å²) in [6.07, 6.45) is 0.545. The number of carboxylic acid groups (broad SMARTS) is 2. The summed E-state index contributed by atoms with van der Waals surface area (Å²) < 4.78 is 0. The number of carboxylic acids is 2. The summed E-state index contributed by atoms with van der Waals surface area (Å²) in [4.78, 5) is 30.6. The van der Waals surface area contributed by atoms with Crippen molar-refractivity contribution in [1.82, 2.24) is 0 Å². The van der Waals surface area contributed by atoms with Gasteiger partial charge >= 0.3 is 11.9 Å². The van der Waals surface area contributed by atoms with Crippen molar-refractivity contribution in [3.8, 4) is 0 Å². The van der Waals surface area contributed by atoms with Crippen LogP contribution in [0.15, 0.2) is 54.6 Å². The number of non-ortho nitro benzene ring substituents is 1. The molecule has 0 aliphatic heterocycles. The van der Waals surface area contributed by atoms with Crippen LogP contribution in [0.1, 0.15) is 11.1 Å². The molecule has 0 unspecified atom stereocenters. The maximum atomic E-state index is 10.4. The number of nitro groups is 1. The highest BCUT2D eigenvalue weighted by atomic mass is 16.6. The zero-order chi connectivity index (χ0) is 20.4. The minimum atomic E-state index is -1.09. The summed E-state index contributed by atoms with van der Waals surface area (Å²) in [5.74, 6) is -2.05. The second-order valence-corrected chi connectivity index (χ2v) is 5.71. The van der Waals surface area contributed by atoms with Crippen molar-refractivity contribution in [3.05, 3.63) is 75.8 Å². The van der Waals surface area contributed by atoms with Gasteiger partial charge in [-0.3, -0.25) is 19.7 Å². The van der Waals surface area contributed by atoms with Gasteiger partial charge in [-0.2, -0.15) is 0 Å². The van der Waals surface area contributed by atoms with E-state index in [1.807, 2.05) is 30.3 Å². The van der Waals surface area contributed by atoms with E-state index in [4.69, 9.17) is 21.7 Å². The summed E-state index contributed by atoms with van der Waals surface area (Å²) in [6.45, 7) is 0. The van der Waals surface area contributed by atoms with E-state index in [2.05, 4.69) is 0 Å². The van der Waals surface area contributed by atoms with Crippen molar-refractivity contribution in [2.45, 2.75) is 24.9 Å². The topological polar surface area (TPSA) is 170 Å². The first-order chi connectivity index (χ1) is 12.7. The average molecular weight is 375 g/mol. The van der Waals surface area contributed by atoms with Gasteiger partial charge in [-0.15, -0.1) is 0 Å². The van der Waals surface area contributed by atoms with Gasteiger partial charge in [0.05, 0.1) is 4.92 Å². The molecule has 0 aromatic heterocycles. The quantitative estimate of drug-likeness (QED) is 0.413. The van der Waals surface area contributed by atoms with E-state index in [0.717, 1.165) is 5.56 Å². The van der Waals surface area contributed by atoms with Crippen LogP contribution in [0.2, 0.25) is 0 Å². The Morgan fingerprint density at radius 2 is 1.26 bits per heavy atom. The molecule has 0 radical (unpaired) electrons. The van der Waals surface area contributed by atoms with Crippen molar-refractivity contribution in [1.29, 1.82) is 0 Å². The molecule has 0 aliphatic carbocycles. The van der Waals surface area contributed by atoms with Gasteiger partial charge in [-0.1, -0.05) is 42.5 Å². The van der Waals surface area contributed by atoms with Gasteiger partial charge in [-0.05, 0) is 24.0 Å². The third-order valence-electron chi connectivity index (χ3n) is 3.54. The molecule has 2 aromatic carbocycles. The first-order valence-electron chi connectivity index (χ1n) is 7.94. The van der Waals surface area contributed by atoms with Crippen molar-refractivity contribution in [2.24, 2.45) is 11.5 Å². The monoisotopic (exact) mass is 375 g/mol. The second-order valence-electron chi connectivity index (χ2n) is 5.71. The molecule has 0 aliphatic rings. The van der Waals surface area contributed by atoms with Gasteiger partial charge < -0.3 is 21.7 Å². The van der Waals surface area contributed by atoms with Gasteiger partial charge in [-0.25, -0.2) is 0 Å². The van der Waals surface area contributed by atoms with Gasteiger partial charge in [0.2, 0.25) is 0 Å². The molecule has 2 atom stereocenters. The number of carbonyl (C=O) groups is 2. The zero-order valence-electron chi connectivity index (χ0n) is 14.4. The first-order valence-corrected chi connectivity index (χ1v) is 7.94. The van der Waals surface area contributed by atoms with E-state index in [9.17, 15) is 19.7 Å². The summed E-state index contributed by atoms with van der Waals surface area (Å²) in [6, 6.07) is 13.2. The molecule has 0 saturated carbocycles. The highest BCUT2D eigenvalue weighted by molar-refractivity contribution is 5.73. The summed E-state index contributed by atoms with van der Waals surface area (Å²) in [5, 5.41) is 27.4. The Morgan fingerprint density at radius 3 is 1.63 bits per heavy atom. The Kier molecular flexibility index (Phi) is 8.57. The zero-order valence-corrected chi connectivity index (χ0v) is 14.4. The molecule has 0 saturated heterocycles. The number of hydrogen-bond donors (Lipinski definition) is 4. The molecule has 27 heavy (non-hydrogen) atoms. The minimum Gasteiger partial charge on any atom is -0.480 e. The van der Waals surface area contributed by atoms with Crippen LogP contribution in [0.4, 0.5) is 5.69 Å². The summed E-state index contributed by atoms with van der Waals surface area (Å²) >= 11 is 0. The molecule has 0 amide bonds. The first kappa shape index (κ1) is 21.7. The Balaban J connectivity index is 0.000000277. The SMILES string of the molecule is N[C@@H](Cc1ccc([N+](=O)[O-])cc1)C(=O)O.N[C@@H](Cc1ccccc1)C(=O)O. The van der Waals surface area contributed by atoms with Crippen LogP contribution in [-0.4, -0.2) is 39.2 Å². The number of rotatable bonds is 7. The van der Waals surface area contributed by atoms with E-state index in [1.54, 1.807) is 0 Å². The van der Waals surface area contributed by atoms with Crippen LogP contribution in [-0.2, 0) is 22.4 Å². The van der Waals surface area contributed by atoms with Gasteiger partial charge in [0.15, 0.2) is 0 Å². The van der Waals surface area contributed by atoms with E-state index in [1.165, 1.54) is 24.3 Å². The number of benzene rings is 2. The average Bonchev–Trinajstić information content (AvgIpc) is 2.63. The maximum Gasteiger partial charge on any atom is 0.320 e. The Labute approximate surface area is 155 Å². The van der Waals surface area contributed by atoms with E-state index >= 15 is 0 Å². The summed E-state index contributed by atoms with van der Waals surface area (Å²) in [7, 11) is 0. The molecule has 0 heterocycles. The molecule has 6 N–H and O–H groups in total. The summed E-state index contributed by atoms with van der Waals surface area (Å²) in [5.41, 5.74) is 12.3. The fraction of sp³-hybridized carbons (Fsp3) is 0.222. The predicted molar refractivity (Wildman–Crippen MR) is 98.2 cm³/mol. The Hall–Kier alpha value is -3.30. The van der Waals surface area contributed by atoms with Crippen LogP contribution >= 0.6 is 0 Å². The van der Waals surface area contributed by atoms with Crippen molar-refractivity contribution < 1.29 is 24.7 Å². The number of nitro benzene ring substituents is 1. The van der Waals surface area contributed by atoms with Crippen LogP contribution < -0.4 is 11.5 Å². The number of aliphatic carboxylic acids is 2. The van der Waals surface area contributed by atoms with Gasteiger partial charge in [0, 0.05) is 12.1 Å². The molecule has 2 rings (SSSR count). The Morgan fingerprint density at radius 1 is 0.852 bits per heavy atom. The number of nitrogens with zero attached hydrogens (tertiary/aromatic N) is 1. The lowest BCUT2D eigenvalue weighted by atomic mass is 10.1. The number of nitrogens with two attached hydrogens (primary N) is 2. The standard InChI is InChI=1S/C9H10N2O4.C9H11NO2/c10-8(9(12)13)5-6-1-3-7(4-2-6)11(14)15;10-8(9(11)12)6-7-4-2-1-3-5-7/h1-4,8H,5,10H2,(H,12,13);1-5,8H,6,10H2,(H,11,12)/t2*8-/m00/s1. The molecule has 0 bridgehead atoms. The molecular formula is C18H21N3O6. The molecule has 9 nitrogen and oxygen atoms in total. The third kappa shape index (κ3) is 8.08. The number of hydrogen-bond acceptors (Lipinski definition) is 6. The second kappa shape index (κ2) is 10.6. The highest BCUT2D eigenvalue weighted by Gasteiger charge is 2.13. The predicted octanol–water partition coefficient (Wildman–Crippen LogP) is 1.19. The van der Waals surface area contributed by atoms with Gasteiger partial charge in [0.1, 0.15) is 12.1 Å². The lowest BCUT2D eigenvalue weighted by molar-refractivity contribution is -0.384. The smallest absolute Gasteiger partial charge is 0.320 e. The lowest BCUT2D eigenvalue weighted by Gasteiger charge is -2.05. The van der Waals surface area contributed by atoms with Crippen molar-refractivity contribution in [3.63, 3.8) is 0 Å². The van der Waals surface area contributed by atoms with Crippen LogP contribution in [0.3, 0.4) is 0 Å². The maximum absolute atomic E-state index is 10.4. The highest BCUT2D eigenvalue weighted by Crippen LogP contribution is 2.12. The van der Waals surface area contributed by atoms with Crippen LogP contribution in [0.25, 0.3) is 0 Å². The van der Waals surface area contributed by atoms with Crippen molar-refractivity contribution in [2.75, 3.05) is 0 Å². The van der Waals surface area contributed by atoms with Crippen molar-refractivity contribution >= 4 is 17.6 Å². The largest absolute Gasteiger partial charge is 0.480 e. The third-order valence-corrected chi connectivity index (χ3v) is 3.54. The van der Waals surface area contributed by atoms with Gasteiger partial charge in [0.25, 0.3) is 5.69 Å². The van der Waals surface area contributed by atoms with Crippen LogP contribution in [0.5, 0.6) is 0 Å². The molecule has 0 fully saturated rings.